The molecular formula is C28H30P2+2. The zero-order valence-corrected chi connectivity index (χ0v) is 19.6. The van der Waals surface area contributed by atoms with Crippen LogP contribution in [0.15, 0.2) is 121 Å². The van der Waals surface area contributed by atoms with Crippen molar-refractivity contribution in [2.24, 2.45) is 0 Å². The van der Waals surface area contributed by atoms with Crippen LogP contribution in [0.1, 0.15) is 6.92 Å². The summed E-state index contributed by atoms with van der Waals surface area (Å²) in [5.41, 5.74) is 0. The molecule has 0 N–H and O–H groups in total. The van der Waals surface area contributed by atoms with Gasteiger partial charge in [0.05, 0.1) is 12.8 Å². The average Bonchev–Trinajstić information content (AvgIpc) is 2.85. The van der Waals surface area contributed by atoms with Crippen LogP contribution in [0.2, 0.25) is 0 Å². The van der Waals surface area contributed by atoms with Crippen LogP contribution in [0.4, 0.5) is 0 Å². The zero-order chi connectivity index (χ0) is 20.9. The van der Waals surface area contributed by atoms with Crippen LogP contribution in [0.25, 0.3) is 0 Å². The van der Waals surface area contributed by atoms with Gasteiger partial charge in [0, 0.05) is 0 Å². The van der Waals surface area contributed by atoms with Gasteiger partial charge in [0.15, 0.2) is 5.90 Å². The van der Waals surface area contributed by atoms with Crippen LogP contribution in [0, 0.1) is 0 Å². The van der Waals surface area contributed by atoms with E-state index in [0.717, 1.165) is 0 Å². The van der Waals surface area contributed by atoms with Crippen molar-refractivity contribution in [3.8, 4) is 0 Å². The van der Waals surface area contributed by atoms with Crippen LogP contribution < -0.4 is 21.2 Å². The molecule has 0 amide bonds. The van der Waals surface area contributed by atoms with Gasteiger partial charge in [0.2, 0.25) is 0 Å². The van der Waals surface area contributed by atoms with Gasteiger partial charge in [-0.3, -0.25) is 0 Å². The van der Waals surface area contributed by atoms with Gasteiger partial charge < -0.3 is 0 Å². The Bertz CT molecular complexity index is 966. The maximum absolute atomic E-state index is 2.55. The van der Waals surface area contributed by atoms with Gasteiger partial charge in [-0.1, -0.05) is 72.8 Å². The Kier molecular flexibility index (Phi) is 6.48. The largest absolute Gasteiger partial charge is 0.178 e. The topological polar surface area (TPSA) is 0 Å². The Morgan fingerprint density at radius 1 is 0.467 bits per heavy atom. The van der Waals surface area contributed by atoms with E-state index in [-0.39, 0.29) is 0 Å². The lowest BCUT2D eigenvalue weighted by Crippen LogP contribution is -2.33. The molecule has 0 unspecified atom stereocenters. The predicted molar refractivity (Wildman–Crippen MR) is 139 cm³/mol. The van der Waals surface area contributed by atoms with E-state index in [0.29, 0.717) is 0 Å². The first-order valence-electron chi connectivity index (χ1n) is 10.6. The SMILES string of the molecule is CC[P+](C[P+](C)(c1ccccc1)c1ccccc1)(c1ccccc1)c1ccccc1. The molecule has 0 aliphatic rings. The predicted octanol–water partition coefficient (Wildman–Crippen LogP) is 5.93. The molecule has 0 aliphatic heterocycles. The highest BCUT2D eigenvalue weighted by Gasteiger charge is 2.53. The number of hydrogen-bond acceptors (Lipinski definition) is 0. The van der Waals surface area contributed by atoms with Crippen molar-refractivity contribution in [2.75, 3.05) is 18.7 Å². The highest BCUT2D eigenvalue weighted by Crippen LogP contribution is 2.70. The molecule has 0 saturated heterocycles. The van der Waals surface area contributed by atoms with Crippen molar-refractivity contribution in [2.45, 2.75) is 6.92 Å². The lowest BCUT2D eigenvalue weighted by atomic mass is 10.4. The van der Waals surface area contributed by atoms with Gasteiger partial charge in [-0.15, -0.1) is 0 Å². The van der Waals surface area contributed by atoms with Gasteiger partial charge >= 0.3 is 0 Å². The molecule has 0 aliphatic carbocycles. The molecule has 4 rings (SSSR count). The summed E-state index contributed by atoms with van der Waals surface area (Å²) in [6.45, 7) is 4.95. The standard InChI is InChI=1S/C28H30P2/c1-3-30(27-20-12-6-13-21-27,28-22-14-7-15-23-28)24-29(2,25-16-8-4-9-17-25)26-18-10-5-11-19-26/h4-23H,3,24H2,1-2H3/q+2. The van der Waals surface area contributed by atoms with Gasteiger partial charge in [0.25, 0.3) is 0 Å². The van der Waals surface area contributed by atoms with Crippen molar-refractivity contribution in [3.05, 3.63) is 121 Å². The first kappa shape index (κ1) is 21.0. The molecule has 0 radical (unpaired) electrons. The molecule has 0 saturated carbocycles. The van der Waals surface area contributed by atoms with Gasteiger partial charge in [-0.05, 0) is 55.5 Å². The number of benzene rings is 4. The molecule has 2 heteroatoms. The summed E-state index contributed by atoms with van der Waals surface area (Å²) in [7, 11) is -3.18. The van der Waals surface area contributed by atoms with E-state index < -0.39 is 14.5 Å². The zero-order valence-electron chi connectivity index (χ0n) is 17.9. The maximum atomic E-state index is 2.55. The molecule has 30 heavy (non-hydrogen) atoms. The van der Waals surface area contributed by atoms with E-state index in [1.807, 2.05) is 0 Å². The van der Waals surface area contributed by atoms with Gasteiger partial charge in [0.1, 0.15) is 35.7 Å². The van der Waals surface area contributed by atoms with Gasteiger partial charge in [-0.2, -0.15) is 0 Å². The van der Waals surface area contributed by atoms with Crippen molar-refractivity contribution >= 4 is 35.7 Å². The Hall–Kier alpha value is -2.26. The molecule has 0 aromatic heterocycles. The van der Waals surface area contributed by atoms with E-state index in [2.05, 4.69) is 135 Å². The second-order valence-corrected chi connectivity index (χ2v) is 16.1. The third-order valence-electron chi connectivity index (χ3n) is 6.22. The summed E-state index contributed by atoms with van der Waals surface area (Å²) < 4.78 is 0. The van der Waals surface area contributed by atoms with E-state index in [4.69, 9.17) is 0 Å². The summed E-state index contributed by atoms with van der Waals surface area (Å²) in [6, 6.07) is 45.1. The summed E-state index contributed by atoms with van der Waals surface area (Å²) >= 11 is 0. The fourth-order valence-corrected chi connectivity index (χ4v) is 16.3. The number of hydrogen-bond donors (Lipinski definition) is 0. The Labute approximate surface area is 182 Å². The molecule has 0 bridgehead atoms. The third kappa shape index (κ3) is 4.00. The van der Waals surface area contributed by atoms with E-state index in [1.165, 1.54) is 33.3 Å². The first-order chi connectivity index (χ1) is 14.7. The molecule has 4 aromatic carbocycles. The van der Waals surface area contributed by atoms with E-state index >= 15 is 0 Å². The second-order valence-electron chi connectivity index (χ2n) is 7.96. The Balaban J connectivity index is 1.94. The minimum atomic E-state index is -1.59. The van der Waals surface area contributed by atoms with Crippen LogP contribution in [-0.2, 0) is 0 Å². The minimum absolute atomic E-state index is 1.18. The molecule has 0 fully saturated rings. The van der Waals surface area contributed by atoms with E-state index in [1.54, 1.807) is 0 Å². The van der Waals surface area contributed by atoms with Gasteiger partial charge in [-0.25, -0.2) is 0 Å². The van der Waals surface area contributed by atoms with Crippen LogP contribution in [0.3, 0.4) is 0 Å². The number of rotatable bonds is 7. The monoisotopic (exact) mass is 428 g/mol. The molecule has 4 aromatic rings. The maximum Gasteiger partial charge on any atom is 0.178 e. The molecular weight excluding hydrogens is 398 g/mol. The highest BCUT2D eigenvalue weighted by atomic mass is 31.2. The fourth-order valence-electron chi connectivity index (χ4n) is 4.51. The van der Waals surface area contributed by atoms with Crippen LogP contribution >= 0.6 is 14.5 Å². The van der Waals surface area contributed by atoms with Crippen LogP contribution in [0.5, 0.6) is 0 Å². The molecule has 0 nitrogen and oxygen atoms in total. The molecule has 0 heterocycles. The van der Waals surface area contributed by atoms with Crippen molar-refractivity contribution in [1.82, 2.24) is 0 Å². The summed E-state index contributed by atoms with van der Waals surface area (Å²) in [4.78, 5) is 0. The highest BCUT2D eigenvalue weighted by molar-refractivity contribution is 8.04. The van der Waals surface area contributed by atoms with E-state index in [9.17, 15) is 0 Å². The van der Waals surface area contributed by atoms with Crippen LogP contribution in [-0.4, -0.2) is 18.7 Å². The summed E-state index contributed by atoms with van der Waals surface area (Å²) in [5.74, 6) is 1.22. The molecule has 150 valence electrons. The van der Waals surface area contributed by atoms with Crippen molar-refractivity contribution in [3.63, 3.8) is 0 Å². The Morgan fingerprint density at radius 2 is 0.767 bits per heavy atom. The lowest BCUT2D eigenvalue weighted by Gasteiger charge is -2.32. The van der Waals surface area contributed by atoms with Crippen molar-refractivity contribution in [1.29, 1.82) is 0 Å². The average molecular weight is 428 g/mol. The minimum Gasteiger partial charge on any atom is -0.0620 e. The summed E-state index contributed by atoms with van der Waals surface area (Å²) in [5, 5.41) is 6.05. The first-order valence-corrected chi connectivity index (χ1v) is 15.2. The Morgan fingerprint density at radius 3 is 1.07 bits per heavy atom. The lowest BCUT2D eigenvalue weighted by molar-refractivity contribution is 1.47. The smallest absolute Gasteiger partial charge is 0.0620 e. The third-order valence-corrected chi connectivity index (χ3v) is 16.9. The normalized spacial score (nSPS) is 11.9. The molecule has 0 spiro atoms. The molecule has 0 atom stereocenters. The summed E-state index contributed by atoms with van der Waals surface area (Å²) in [6.07, 6.45) is 1.18. The quantitative estimate of drug-likeness (QED) is 0.320. The van der Waals surface area contributed by atoms with Crippen molar-refractivity contribution < 1.29 is 0 Å². The fraction of sp³-hybridized carbons (Fsp3) is 0.143. The second kappa shape index (κ2) is 9.26.